The molecule has 3 rings (SSSR count). The molecule has 0 radical (unpaired) electrons. The Kier molecular flexibility index (Phi) is 5.84. The molecule has 4 unspecified atom stereocenters. The maximum atomic E-state index is 12.2. The van der Waals surface area contributed by atoms with Crippen molar-refractivity contribution >= 4 is 17.6 Å². The van der Waals surface area contributed by atoms with E-state index in [0.717, 1.165) is 23.1 Å². The van der Waals surface area contributed by atoms with Crippen LogP contribution in [0.15, 0.2) is 24.3 Å². The number of carbonyl (C=O) groups excluding carboxylic acids is 2. The Morgan fingerprint density at radius 2 is 1.96 bits per heavy atom. The molecule has 0 heterocycles. The van der Waals surface area contributed by atoms with Crippen molar-refractivity contribution in [2.24, 2.45) is 23.7 Å². The van der Waals surface area contributed by atoms with E-state index in [4.69, 9.17) is 0 Å². The van der Waals surface area contributed by atoms with Gasteiger partial charge in [0.25, 0.3) is 0 Å². The highest BCUT2D eigenvalue weighted by molar-refractivity contribution is 5.92. The molecule has 2 saturated carbocycles. The summed E-state index contributed by atoms with van der Waals surface area (Å²) in [5.41, 5.74) is 1.73. The molecule has 4 atom stereocenters. The molecular weight excluding hydrogens is 326 g/mol. The normalized spacial score (nSPS) is 25.2. The number of hydrogen-bond acceptors (Lipinski definition) is 2. The van der Waals surface area contributed by atoms with Crippen LogP contribution in [0, 0.1) is 23.7 Å². The molecule has 3 amide bonds. The van der Waals surface area contributed by atoms with Crippen molar-refractivity contribution in [2.45, 2.75) is 59.0 Å². The molecule has 1 aromatic rings. The molecule has 0 saturated heterocycles. The van der Waals surface area contributed by atoms with Gasteiger partial charge in [0.15, 0.2) is 0 Å². The summed E-state index contributed by atoms with van der Waals surface area (Å²) in [6, 6.07) is 7.72. The standard InChI is InChI=1S/C21H31N3O2/c1-13(2)20(25)24-18-6-4-5-16(10-18)12-22-21(26)23-14(3)19-11-15-7-8-17(19)9-15/h4-6,10,13-15,17,19H,7-9,11-12H2,1-3H3,(H,24,25)(H2,22,23,26). The Labute approximate surface area is 156 Å². The fraction of sp³-hybridized carbons (Fsp3) is 0.619. The van der Waals surface area contributed by atoms with Crippen molar-refractivity contribution in [1.29, 1.82) is 0 Å². The van der Waals surface area contributed by atoms with Crippen LogP contribution in [0.1, 0.15) is 52.0 Å². The molecule has 1 aromatic carbocycles. The van der Waals surface area contributed by atoms with Crippen LogP contribution in [0.2, 0.25) is 0 Å². The molecule has 0 aliphatic heterocycles. The lowest BCUT2D eigenvalue weighted by Crippen LogP contribution is -2.45. The fourth-order valence-electron chi connectivity index (χ4n) is 4.50. The average molecular weight is 357 g/mol. The first-order valence-electron chi connectivity index (χ1n) is 9.86. The Balaban J connectivity index is 1.46. The zero-order chi connectivity index (χ0) is 18.7. The van der Waals surface area contributed by atoms with Crippen LogP contribution in [-0.4, -0.2) is 18.0 Å². The predicted octanol–water partition coefficient (Wildman–Crippen LogP) is 3.91. The topological polar surface area (TPSA) is 70.2 Å². The molecule has 2 bridgehead atoms. The molecule has 2 aliphatic carbocycles. The molecule has 5 heteroatoms. The van der Waals surface area contributed by atoms with Gasteiger partial charge in [-0.25, -0.2) is 4.79 Å². The van der Waals surface area contributed by atoms with E-state index in [9.17, 15) is 9.59 Å². The molecule has 0 spiro atoms. The van der Waals surface area contributed by atoms with Crippen LogP contribution >= 0.6 is 0 Å². The van der Waals surface area contributed by atoms with Gasteiger partial charge in [-0.2, -0.15) is 0 Å². The lowest BCUT2D eigenvalue weighted by molar-refractivity contribution is -0.118. The third kappa shape index (κ3) is 4.57. The van der Waals surface area contributed by atoms with Crippen LogP contribution < -0.4 is 16.0 Å². The summed E-state index contributed by atoms with van der Waals surface area (Å²) in [7, 11) is 0. The second-order valence-corrected chi connectivity index (χ2v) is 8.30. The van der Waals surface area contributed by atoms with Gasteiger partial charge in [0.2, 0.25) is 5.91 Å². The van der Waals surface area contributed by atoms with E-state index in [1.807, 2.05) is 38.1 Å². The van der Waals surface area contributed by atoms with Crippen molar-refractivity contribution in [3.63, 3.8) is 0 Å². The number of amides is 3. The highest BCUT2D eigenvalue weighted by Crippen LogP contribution is 2.49. The third-order valence-electron chi connectivity index (χ3n) is 5.97. The fourth-order valence-corrected chi connectivity index (χ4v) is 4.50. The molecule has 2 aliphatic rings. The summed E-state index contributed by atoms with van der Waals surface area (Å²) in [5, 5.41) is 8.94. The van der Waals surface area contributed by atoms with E-state index >= 15 is 0 Å². The van der Waals surface area contributed by atoms with Crippen molar-refractivity contribution in [3.8, 4) is 0 Å². The quantitative estimate of drug-likeness (QED) is 0.722. The Bertz CT molecular complexity index is 658. The average Bonchev–Trinajstić information content (AvgIpc) is 3.23. The third-order valence-corrected chi connectivity index (χ3v) is 5.97. The summed E-state index contributed by atoms with van der Waals surface area (Å²) in [6.07, 6.45) is 5.33. The van der Waals surface area contributed by atoms with Crippen LogP contribution in [0.25, 0.3) is 0 Å². The molecule has 142 valence electrons. The summed E-state index contributed by atoms with van der Waals surface area (Å²) >= 11 is 0. The van der Waals surface area contributed by atoms with Crippen molar-refractivity contribution < 1.29 is 9.59 Å². The number of benzene rings is 1. The lowest BCUT2D eigenvalue weighted by atomic mass is 9.84. The van der Waals surface area contributed by atoms with Crippen molar-refractivity contribution in [2.75, 3.05) is 5.32 Å². The summed E-state index contributed by atoms with van der Waals surface area (Å²) < 4.78 is 0. The Hall–Kier alpha value is -2.04. The molecular formula is C21H31N3O2. The highest BCUT2D eigenvalue weighted by atomic mass is 16.2. The van der Waals surface area contributed by atoms with Gasteiger partial charge in [-0.15, -0.1) is 0 Å². The maximum Gasteiger partial charge on any atom is 0.315 e. The van der Waals surface area contributed by atoms with E-state index in [-0.39, 0.29) is 23.9 Å². The second-order valence-electron chi connectivity index (χ2n) is 8.30. The number of carbonyl (C=O) groups is 2. The zero-order valence-electron chi connectivity index (χ0n) is 16.0. The minimum absolute atomic E-state index is 0.00691. The summed E-state index contributed by atoms with van der Waals surface area (Å²) in [4.78, 5) is 24.0. The first kappa shape index (κ1) is 18.7. The first-order valence-corrected chi connectivity index (χ1v) is 9.86. The largest absolute Gasteiger partial charge is 0.335 e. The zero-order valence-corrected chi connectivity index (χ0v) is 16.0. The number of nitrogens with one attached hydrogen (secondary N) is 3. The van der Waals surface area contributed by atoms with E-state index in [1.165, 1.54) is 25.7 Å². The Morgan fingerprint density at radius 3 is 2.62 bits per heavy atom. The number of anilines is 1. The maximum absolute atomic E-state index is 12.2. The minimum atomic E-state index is -0.114. The smallest absolute Gasteiger partial charge is 0.315 e. The Morgan fingerprint density at radius 1 is 1.15 bits per heavy atom. The van der Waals surface area contributed by atoms with Crippen LogP contribution in [-0.2, 0) is 11.3 Å². The summed E-state index contributed by atoms with van der Waals surface area (Å²) in [5.74, 6) is 2.26. The molecule has 26 heavy (non-hydrogen) atoms. The van der Waals surface area contributed by atoms with Gasteiger partial charge in [0.1, 0.15) is 0 Å². The number of fused-ring (bicyclic) bond motifs is 2. The second kappa shape index (κ2) is 8.11. The number of hydrogen-bond donors (Lipinski definition) is 3. The van der Waals surface area contributed by atoms with E-state index in [1.54, 1.807) is 0 Å². The van der Waals surface area contributed by atoms with E-state index < -0.39 is 0 Å². The first-order chi connectivity index (χ1) is 12.4. The van der Waals surface area contributed by atoms with Gasteiger partial charge in [0, 0.05) is 24.2 Å². The van der Waals surface area contributed by atoms with Crippen molar-refractivity contribution in [3.05, 3.63) is 29.8 Å². The highest BCUT2D eigenvalue weighted by Gasteiger charge is 2.42. The van der Waals surface area contributed by atoms with Gasteiger partial charge in [-0.1, -0.05) is 32.4 Å². The molecule has 2 fully saturated rings. The van der Waals surface area contributed by atoms with E-state index in [0.29, 0.717) is 12.5 Å². The number of urea groups is 1. The van der Waals surface area contributed by atoms with Gasteiger partial charge >= 0.3 is 6.03 Å². The van der Waals surface area contributed by atoms with E-state index in [2.05, 4.69) is 22.9 Å². The van der Waals surface area contributed by atoms with Gasteiger partial charge in [-0.05, 0) is 61.6 Å². The van der Waals surface area contributed by atoms with Crippen LogP contribution in [0.3, 0.4) is 0 Å². The molecule has 0 aromatic heterocycles. The number of rotatable bonds is 6. The minimum Gasteiger partial charge on any atom is -0.335 e. The van der Waals surface area contributed by atoms with Crippen LogP contribution in [0.5, 0.6) is 0 Å². The van der Waals surface area contributed by atoms with Gasteiger partial charge in [-0.3, -0.25) is 4.79 Å². The SMILES string of the molecule is CC(C)C(=O)Nc1cccc(CNC(=O)NC(C)C2CC3CCC2C3)c1. The van der Waals surface area contributed by atoms with Gasteiger partial charge < -0.3 is 16.0 Å². The molecule has 5 nitrogen and oxygen atoms in total. The monoisotopic (exact) mass is 357 g/mol. The van der Waals surface area contributed by atoms with Crippen molar-refractivity contribution in [1.82, 2.24) is 10.6 Å². The molecule has 3 N–H and O–H groups in total. The lowest BCUT2D eigenvalue weighted by Gasteiger charge is -2.28. The van der Waals surface area contributed by atoms with Crippen LogP contribution in [0.4, 0.5) is 10.5 Å². The summed E-state index contributed by atoms with van der Waals surface area (Å²) in [6.45, 7) is 6.30. The van der Waals surface area contributed by atoms with Gasteiger partial charge in [0.05, 0.1) is 0 Å². The predicted molar refractivity (Wildman–Crippen MR) is 104 cm³/mol.